The maximum absolute atomic E-state index is 4.28. The molecule has 1 N–H and O–H groups in total. The number of benzene rings is 1. The lowest BCUT2D eigenvalue weighted by Crippen LogP contribution is -2.21. The van der Waals surface area contributed by atoms with Crippen LogP contribution < -0.4 is 10.2 Å². The first kappa shape index (κ1) is 15.5. The van der Waals surface area contributed by atoms with E-state index < -0.39 is 0 Å². The Hall–Kier alpha value is -1.87. The Morgan fingerprint density at radius 1 is 1.14 bits per heavy atom. The molecule has 1 aromatic heterocycles. The second-order valence-corrected chi connectivity index (χ2v) is 5.92. The van der Waals surface area contributed by atoms with E-state index >= 15 is 0 Å². The summed E-state index contributed by atoms with van der Waals surface area (Å²) in [6, 6.07) is 10.7. The van der Waals surface area contributed by atoms with E-state index in [1.54, 1.807) is 0 Å². The zero-order valence-corrected chi connectivity index (χ0v) is 13.4. The molecule has 0 aliphatic heterocycles. The van der Waals surface area contributed by atoms with Crippen molar-refractivity contribution < 1.29 is 0 Å². The van der Waals surface area contributed by atoms with E-state index in [9.17, 15) is 0 Å². The Morgan fingerprint density at radius 3 is 2.52 bits per heavy atom. The molecule has 0 aliphatic carbocycles. The van der Waals surface area contributed by atoms with Crippen molar-refractivity contribution >= 4 is 11.4 Å². The van der Waals surface area contributed by atoms with Gasteiger partial charge in [-0.2, -0.15) is 0 Å². The lowest BCUT2D eigenvalue weighted by atomic mass is 10.1. The molecule has 2 aromatic rings. The van der Waals surface area contributed by atoms with Crippen LogP contribution in [0.4, 0.5) is 11.4 Å². The van der Waals surface area contributed by atoms with Gasteiger partial charge in [0, 0.05) is 25.5 Å². The zero-order chi connectivity index (χ0) is 15.2. The number of aromatic nitrogens is 1. The normalized spacial score (nSPS) is 10.9. The van der Waals surface area contributed by atoms with Crippen LogP contribution in [-0.4, -0.2) is 18.6 Å². The molecule has 0 fully saturated rings. The molecule has 0 radical (unpaired) electrons. The highest BCUT2D eigenvalue weighted by atomic mass is 15.1. The van der Waals surface area contributed by atoms with Crippen LogP contribution in [-0.2, 0) is 6.54 Å². The van der Waals surface area contributed by atoms with Gasteiger partial charge in [0.15, 0.2) is 0 Å². The molecule has 2 rings (SSSR count). The van der Waals surface area contributed by atoms with E-state index in [1.165, 1.54) is 16.8 Å². The van der Waals surface area contributed by atoms with Crippen LogP contribution in [0.3, 0.4) is 0 Å². The third kappa shape index (κ3) is 4.30. The first-order valence-electron chi connectivity index (χ1n) is 7.52. The average molecular weight is 283 g/mol. The highest BCUT2D eigenvalue weighted by Gasteiger charge is 2.09. The Labute approximate surface area is 128 Å². The molecule has 21 heavy (non-hydrogen) atoms. The van der Waals surface area contributed by atoms with Crippen molar-refractivity contribution in [2.24, 2.45) is 5.92 Å². The maximum atomic E-state index is 4.28. The number of anilines is 2. The van der Waals surface area contributed by atoms with Gasteiger partial charge in [0.2, 0.25) is 0 Å². The molecule has 0 bridgehead atoms. The fourth-order valence-electron chi connectivity index (χ4n) is 2.27. The molecule has 0 atom stereocenters. The van der Waals surface area contributed by atoms with Crippen LogP contribution in [0.25, 0.3) is 0 Å². The number of nitrogens with one attached hydrogen (secondary N) is 1. The number of nitrogens with zero attached hydrogens (tertiary/aromatic N) is 2. The highest BCUT2D eigenvalue weighted by molar-refractivity contribution is 5.65. The van der Waals surface area contributed by atoms with Crippen LogP contribution in [0.15, 0.2) is 42.7 Å². The summed E-state index contributed by atoms with van der Waals surface area (Å²) in [4.78, 5) is 6.48. The maximum Gasteiger partial charge on any atom is 0.0640 e. The van der Waals surface area contributed by atoms with Gasteiger partial charge in [-0.25, -0.2) is 0 Å². The van der Waals surface area contributed by atoms with Gasteiger partial charge >= 0.3 is 0 Å². The Balaban J connectivity index is 2.16. The summed E-state index contributed by atoms with van der Waals surface area (Å²) in [6.07, 6.45) is 3.80. The van der Waals surface area contributed by atoms with Gasteiger partial charge in [0.25, 0.3) is 0 Å². The molecule has 0 amide bonds. The van der Waals surface area contributed by atoms with E-state index in [4.69, 9.17) is 0 Å². The van der Waals surface area contributed by atoms with E-state index in [2.05, 4.69) is 73.4 Å². The Bertz CT molecular complexity index is 561. The summed E-state index contributed by atoms with van der Waals surface area (Å²) in [5.74, 6) is 0.658. The van der Waals surface area contributed by atoms with E-state index in [-0.39, 0.29) is 0 Å². The molecule has 0 aliphatic rings. The van der Waals surface area contributed by atoms with Crippen molar-refractivity contribution in [3.8, 4) is 0 Å². The Morgan fingerprint density at radius 2 is 1.86 bits per heavy atom. The first-order chi connectivity index (χ1) is 10.1. The smallest absolute Gasteiger partial charge is 0.0640 e. The molecule has 0 saturated heterocycles. The number of pyridine rings is 1. The lowest BCUT2D eigenvalue weighted by Gasteiger charge is -2.22. The monoisotopic (exact) mass is 283 g/mol. The summed E-state index contributed by atoms with van der Waals surface area (Å²) in [5, 5.41) is 3.50. The average Bonchev–Trinajstić information content (AvgIpc) is 2.47. The SMILES string of the molecule is Cc1ccc(N(C)c2cnccc2CNCC(C)C)cc1. The molecule has 0 unspecified atom stereocenters. The fourth-order valence-corrected chi connectivity index (χ4v) is 2.27. The van der Waals surface area contributed by atoms with Crippen LogP contribution in [0.5, 0.6) is 0 Å². The van der Waals surface area contributed by atoms with Crippen LogP contribution in [0.1, 0.15) is 25.0 Å². The molecule has 0 spiro atoms. The molecule has 0 saturated carbocycles. The van der Waals surface area contributed by atoms with Crippen molar-refractivity contribution in [2.75, 3.05) is 18.5 Å². The van der Waals surface area contributed by atoms with Crippen LogP contribution in [0, 0.1) is 12.8 Å². The van der Waals surface area contributed by atoms with Crippen LogP contribution >= 0.6 is 0 Å². The van der Waals surface area contributed by atoms with Crippen molar-refractivity contribution in [1.29, 1.82) is 0 Å². The minimum Gasteiger partial charge on any atom is -0.343 e. The van der Waals surface area contributed by atoms with Gasteiger partial charge in [-0.15, -0.1) is 0 Å². The minimum atomic E-state index is 0.658. The number of aryl methyl sites for hydroxylation is 1. The van der Waals surface area contributed by atoms with E-state index in [0.29, 0.717) is 5.92 Å². The summed E-state index contributed by atoms with van der Waals surface area (Å²) in [6.45, 7) is 8.44. The molecule has 1 aromatic carbocycles. The van der Waals surface area contributed by atoms with Crippen molar-refractivity contribution in [1.82, 2.24) is 10.3 Å². The van der Waals surface area contributed by atoms with Gasteiger partial charge in [0.1, 0.15) is 0 Å². The summed E-state index contributed by atoms with van der Waals surface area (Å²) in [5.41, 5.74) is 4.88. The first-order valence-corrected chi connectivity index (χ1v) is 7.52. The van der Waals surface area contributed by atoms with Gasteiger partial charge in [-0.05, 0) is 43.1 Å². The summed E-state index contributed by atoms with van der Waals surface area (Å²) >= 11 is 0. The molecular formula is C18H25N3. The quantitative estimate of drug-likeness (QED) is 0.871. The Kier molecular flexibility index (Phi) is 5.34. The van der Waals surface area contributed by atoms with Gasteiger partial charge in [-0.1, -0.05) is 31.5 Å². The van der Waals surface area contributed by atoms with Crippen molar-refractivity contribution in [3.63, 3.8) is 0 Å². The van der Waals surface area contributed by atoms with Gasteiger partial charge < -0.3 is 10.2 Å². The molecular weight excluding hydrogens is 258 g/mol. The molecule has 3 heteroatoms. The lowest BCUT2D eigenvalue weighted by molar-refractivity contribution is 0.552. The second kappa shape index (κ2) is 7.23. The van der Waals surface area contributed by atoms with E-state index in [1.807, 2.05) is 12.4 Å². The fraction of sp³-hybridized carbons (Fsp3) is 0.389. The van der Waals surface area contributed by atoms with Crippen molar-refractivity contribution in [2.45, 2.75) is 27.3 Å². The van der Waals surface area contributed by atoms with Gasteiger partial charge in [0.05, 0.1) is 11.9 Å². The van der Waals surface area contributed by atoms with Crippen molar-refractivity contribution in [3.05, 3.63) is 53.9 Å². The standard InChI is InChI=1S/C18H25N3/c1-14(2)11-20-12-16-9-10-19-13-18(16)21(4)17-7-5-15(3)6-8-17/h5-10,13-14,20H,11-12H2,1-4H3. The van der Waals surface area contributed by atoms with Gasteiger partial charge in [-0.3, -0.25) is 4.98 Å². The number of rotatable bonds is 6. The number of hydrogen-bond acceptors (Lipinski definition) is 3. The summed E-state index contributed by atoms with van der Waals surface area (Å²) in [7, 11) is 2.09. The summed E-state index contributed by atoms with van der Waals surface area (Å²) < 4.78 is 0. The second-order valence-electron chi connectivity index (χ2n) is 5.92. The predicted molar refractivity (Wildman–Crippen MR) is 90.0 cm³/mol. The zero-order valence-electron chi connectivity index (χ0n) is 13.4. The minimum absolute atomic E-state index is 0.658. The molecule has 112 valence electrons. The predicted octanol–water partition coefficient (Wildman–Crippen LogP) is 3.90. The van der Waals surface area contributed by atoms with Crippen LogP contribution in [0.2, 0.25) is 0 Å². The molecule has 1 heterocycles. The highest BCUT2D eigenvalue weighted by Crippen LogP contribution is 2.26. The number of hydrogen-bond donors (Lipinski definition) is 1. The largest absolute Gasteiger partial charge is 0.343 e. The topological polar surface area (TPSA) is 28.2 Å². The third-order valence-electron chi connectivity index (χ3n) is 3.54. The third-order valence-corrected chi connectivity index (χ3v) is 3.54. The molecule has 3 nitrogen and oxygen atoms in total. The van der Waals surface area contributed by atoms with E-state index in [0.717, 1.165) is 18.8 Å².